The summed E-state index contributed by atoms with van der Waals surface area (Å²) >= 11 is 7.17. The second-order valence-corrected chi connectivity index (χ2v) is 7.61. The van der Waals surface area contributed by atoms with Crippen LogP contribution in [0.3, 0.4) is 0 Å². The molecule has 0 radical (unpaired) electrons. The van der Waals surface area contributed by atoms with Gasteiger partial charge in [-0.05, 0) is 30.9 Å². The summed E-state index contributed by atoms with van der Waals surface area (Å²) in [5, 5.41) is 13.7. The third-order valence-corrected chi connectivity index (χ3v) is 5.82. The number of thiophene rings is 1. The first-order valence-corrected chi connectivity index (χ1v) is 9.65. The minimum Gasteiger partial charge on any atom is -0.465 e. The van der Waals surface area contributed by atoms with Crippen LogP contribution in [0.2, 0.25) is 5.02 Å². The molecule has 152 valence electrons. The van der Waals surface area contributed by atoms with Crippen LogP contribution in [0, 0.1) is 10.1 Å². The lowest BCUT2D eigenvalue weighted by Gasteiger charge is -2.08. The molecule has 1 N–H and O–H groups in total. The fourth-order valence-electron chi connectivity index (χ4n) is 2.97. The van der Waals surface area contributed by atoms with Gasteiger partial charge in [-0.3, -0.25) is 14.9 Å². The maximum Gasteiger partial charge on any atom is 0.341 e. The Labute approximate surface area is 173 Å². The van der Waals surface area contributed by atoms with E-state index in [2.05, 4.69) is 5.32 Å². The molecule has 1 aromatic heterocycles. The van der Waals surface area contributed by atoms with Crippen molar-refractivity contribution < 1.29 is 28.8 Å². The number of nitro benzene ring substituents is 1. The summed E-state index contributed by atoms with van der Waals surface area (Å²) in [4.78, 5) is 47.6. The highest BCUT2D eigenvalue weighted by Crippen LogP contribution is 2.39. The van der Waals surface area contributed by atoms with Gasteiger partial charge in [0.15, 0.2) is 6.61 Å². The molecule has 0 fully saturated rings. The van der Waals surface area contributed by atoms with E-state index in [0.29, 0.717) is 10.6 Å². The predicted octanol–water partition coefficient (Wildman–Crippen LogP) is 3.38. The summed E-state index contributed by atoms with van der Waals surface area (Å²) in [5.41, 5.74) is 0.643. The standard InChI is InChI=1S/C18H15ClN2O7S/c1-27-18(24)15-10-3-2-4-13(10)29-16(15)20-14(22)8-28-17(23)11-7-9(21(25)26)5-6-12(11)19/h5-7H,2-4,8H2,1H3,(H,20,22). The van der Waals surface area contributed by atoms with Crippen molar-refractivity contribution in [3.63, 3.8) is 0 Å². The number of halogens is 1. The minimum absolute atomic E-state index is 0.0383. The number of nitrogens with one attached hydrogen (secondary N) is 1. The molecule has 1 aliphatic rings. The SMILES string of the molecule is COC(=O)c1c(NC(=O)COC(=O)c2cc([N+](=O)[O-])ccc2Cl)sc2c1CCC2. The van der Waals surface area contributed by atoms with Crippen LogP contribution in [0.4, 0.5) is 10.7 Å². The van der Waals surface area contributed by atoms with Crippen LogP contribution < -0.4 is 5.32 Å². The van der Waals surface area contributed by atoms with Crippen molar-refractivity contribution in [1.82, 2.24) is 0 Å². The van der Waals surface area contributed by atoms with Crippen LogP contribution in [-0.2, 0) is 27.1 Å². The Bertz CT molecular complexity index is 1020. The number of ether oxygens (including phenoxy) is 2. The van der Waals surface area contributed by atoms with E-state index < -0.39 is 29.4 Å². The lowest BCUT2D eigenvalue weighted by Crippen LogP contribution is -2.22. The summed E-state index contributed by atoms with van der Waals surface area (Å²) in [6, 6.07) is 3.32. The van der Waals surface area contributed by atoms with Gasteiger partial charge in [0.25, 0.3) is 11.6 Å². The Morgan fingerprint density at radius 1 is 1.28 bits per heavy atom. The van der Waals surface area contributed by atoms with Gasteiger partial charge in [-0.25, -0.2) is 9.59 Å². The van der Waals surface area contributed by atoms with Crippen molar-refractivity contribution in [3.8, 4) is 0 Å². The molecule has 0 unspecified atom stereocenters. The first-order valence-electron chi connectivity index (χ1n) is 8.45. The normalized spacial score (nSPS) is 12.2. The molecule has 0 saturated heterocycles. The molecule has 11 heteroatoms. The molecule has 1 amide bonds. The van der Waals surface area contributed by atoms with Crippen molar-refractivity contribution in [2.75, 3.05) is 19.0 Å². The number of esters is 2. The van der Waals surface area contributed by atoms with Crippen molar-refractivity contribution in [2.45, 2.75) is 19.3 Å². The molecule has 1 aromatic carbocycles. The number of hydrogen-bond donors (Lipinski definition) is 1. The second-order valence-electron chi connectivity index (χ2n) is 6.10. The third kappa shape index (κ3) is 4.38. The van der Waals surface area contributed by atoms with E-state index in [1.54, 1.807) is 0 Å². The van der Waals surface area contributed by atoms with Crippen LogP contribution in [0.15, 0.2) is 18.2 Å². The topological polar surface area (TPSA) is 125 Å². The van der Waals surface area contributed by atoms with Gasteiger partial charge in [0.1, 0.15) is 5.00 Å². The van der Waals surface area contributed by atoms with Crippen molar-refractivity contribution in [2.24, 2.45) is 0 Å². The smallest absolute Gasteiger partial charge is 0.341 e. The molecule has 3 rings (SSSR count). The molecular formula is C18H15ClN2O7S. The summed E-state index contributed by atoms with van der Waals surface area (Å²) in [7, 11) is 1.26. The van der Waals surface area contributed by atoms with Gasteiger partial charge in [-0.15, -0.1) is 11.3 Å². The largest absolute Gasteiger partial charge is 0.465 e. The van der Waals surface area contributed by atoms with Crippen LogP contribution in [-0.4, -0.2) is 36.5 Å². The van der Waals surface area contributed by atoms with E-state index in [1.165, 1.54) is 24.5 Å². The fourth-order valence-corrected chi connectivity index (χ4v) is 4.45. The summed E-state index contributed by atoms with van der Waals surface area (Å²) in [6.07, 6.45) is 2.48. The zero-order chi connectivity index (χ0) is 21.1. The van der Waals surface area contributed by atoms with Crippen LogP contribution in [0.1, 0.15) is 37.6 Å². The maximum atomic E-state index is 12.2. The number of amides is 1. The summed E-state index contributed by atoms with van der Waals surface area (Å²) in [5.74, 6) is -2.18. The predicted molar refractivity (Wildman–Crippen MR) is 105 cm³/mol. The monoisotopic (exact) mass is 438 g/mol. The second kappa shape index (κ2) is 8.58. The average Bonchev–Trinajstić information content (AvgIpc) is 3.26. The van der Waals surface area contributed by atoms with E-state index in [1.807, 2.05) is 0 Å². The van der Waals surface area contributed by atoms with Gasteiger partial charge in [-0.2, -0.15) is 0 Å². The van der Waals surface area contributed by atoms with Gasteiger partial charge < -0.3 is 14.8 Å². The number of aryl methyl sites for hydroxylation is 1. The van der Waals surface area contributed by atoms with Gasteiger partial charge in [0.05, 0.1) is 28.2 Å². The number of nitro groups is 1. The van der Waals surface area contributed by atoms with E-state index in [-0.39, 0.29) is 16.3 Å². The van der Waals surface area contributed by atoms with Crippen LogP contribution in [0.25, 0.3) is 0 Å². The highest BCUT2D eigenvalue weighted by molar-refractivity contribution is 7.17. The Hall–Kier alpha value is -2.98. The molecule has 0 bridgehead atoms. The number of hydrogen-bond acceptors (Lipinski definition) is 8. The van der Waals surface area contributed by atoms with Crippen LogP contribution >= 0.6 is 22.9 Å². The maximum absolute atomic E-state index is 12.2. The number of carbonyl (C=O) groups excluding carboxylic acids is 3. The number of nitrogens with zero attached hydrogens (tertiary/aromatic N) is 1. The first kappa shape index (κ1) is 20.7. The number of benzene rings is 1. The molecule has 0 aliphatic heterocycles. The zero-order valence-corrected chi connectivity index (χ0v) is 16.7. The summed E-state index contributed by atoms with van der Waals surface area (Å²) in [6.45, 7) is -0.652. The quantitative estimate of drug-likeness (QED) is 0.416. The van der Waals surface area contributed by atoms with Gasteiger partial charge >= 0.3 is 11.9 Å². The highest BCUT2D eigenvalue weighted by Gasteiger charge is 2.28. The fraction of sp³-hybridized carbons (Fsp3) is 0.278. The van der Waals surface area contributed by atoms with Gasteiger partial charge in [0, 0.05) is 17.0 Å². The lowest BCUT2D eigenvalue weighted by molar-refractivity contribution is -0.384. The molecule has 2 aromatic rings. The van der Waals surface area contributed by atoms with E-state index in [4.69, 9.17) is 21.1 Å². The van der Waals surface area contributed by atoms with Crippen LogP contribution in [0.5, 0.6) is 0 Å². The van der Waals surface area contributed by atoms with Crippen molar-refractivity contribution in [3.05, 3.63) is 54.9 Å². The molecule has 0 saturated carbocycles. The molecule has 9 nitrogen and oxygen atoms in total. The third-order valence-electron chi connectivity index (χ3n) is 4.28. The number of methoxy groups -OCH3 is 1. The first-order chi connectivity index (χ1) is 13.8. The Balaban J connectivity index is 1.68. The van der Waals surface area contributed by atoms with Gasteiger partial charge in [-0.1, -0.05) is 11.6 Å². The number of non-ortho nitro benzene ring substituents is 1. The number of rotatable bonds is 6. The summed E-state index contributed by atoms with van der Waals surface area (Å²) < 4.78 is 9.72. The Kier molecular flexibility index (Phi) is 6.14. The Morgan fingerprint density at radius 3 is 2.72 bits per heavy atom. The lowest BCUT2D eigenvalue weighted by atomic mass is 10.1. The number of anilines is 1. The van der Waals surface area contributed by atoms with Crippen molar-refractivity contribution in [1.29, 1.82) is 0 Å². The van der Waals surface area contributed by atoms with Gasteiger partial charge in [0.2, 0.25) is 0 Å². The highest BCUT2D eigenvalue weighted by atomic mass is 35.5. The molecular weight excluding hydrogens is 424 g/mol. The number of fused-ring (bicyclic) bond motifs is 1. The minimum atomic E-state index is -0.976. The Morgan fingerprint density at radius 2 is 2.03 bits per heavy atom. The molecule has 0 spiro atoms. The van der Waals surface area contributed by atoms with E-state index in [0.717, 1.165) is 41.8 Å². The van der Waals surface area contributed by atoms with E-state index in [9.17, 15) is 24.5 Å². The molecule has 29 heavy (non-hydrogen) atoms. The van der Waals surface area contributed by atoms with Crippen molar-refractivity contribution >= 4 is 51.5 Å². The average molecular weight is 439 g/mol. The molecule has 0 atom stereocenters. The molecule has 1 heterocycles. The molecule has 1 aliphatic carbocycles. The zero-order valence-electron chi connectivity index (χ0n) is 15.2. The number of carbonyl (C=O) groups is 3. The van der Waals surface area contributed by atoms with E-state index >= 15 is 0 Å².